The van der Waals surface area contributed by atoms with Gasteiger partial charge in [-0.25, -0.2) is 9.37 Å². The smallest absolute Gasteiger partial charge is 0.272 e. The van der Waals surface area contributed by atoms with Crippen LogP contribution in [0, 0.1) is 17.2 Å². The van der Waals surface area contributed by atoms with E-state index in [4.69, 9.17) is 0 Å². The van der Waals surface area contributed by atoms with Gasteiger partial charge in [0.2, 0.25) is 5.91 Å². The maximum absolute atomic E-state index is 13.8. The van der Waals surface area contributed by atoms with E-state index in [2.05, 4.69) is 18.8 Å². The van der Waals surface area contributed by atoms with E-state index in [1.807, 2.05) is 46.2 Å². The standard InChI is InChI=1S/C29H32FN3O2/c1-20(2)19-33-24(17-21-6-5-8-23(30)16-21)18-29(28(33)35)12-14-32(15-13-29)27(34)26-11-10-22-7-3-4-9-25(22)31-26/h3-11,16,20,24H,12-15,17-19H2,1-2H3/t24-/m1/s1. The SMILES string of the molecule is CC(C)CN1C(=O)C2(CCN(C(=O)c3ccc4ccccc4n3)CC2)C[C@H]1Cc1cccc(F)c1. The Bertz CT molecular complexity index is 1250. The first-order valence-electron chi connectivity index (χ1n) is 12.6. The van der Waals surface area contributed by atoms with Crippen molar-refractivity contribution >= 4 is 22.7 Å². The van der Waals surface area contributed by atoms with Gasteiger partial charge in [-0.05, 0) is 61.4 Å². The highest BCUT2D eigenvalue weighted by Gasteiger charge is 2.52. The summed E-state index contributed by atoms with van der Waals surface area (Å²) in [6.07, 6.45) is 2.71. The molecular weight excluding hydrogens is 441 g/mol. The average Bonchev–Trinajstić information content (AvgIpc) is 3.08. The molecule has 0 radical (unpaired) electrons. The average molecular weight is 474 g/mol. The largest absolute Gasteiger partial charge is 0.339 e. The molecule has 0 N–H and O–H groups in total. The lowest BCUT2D eigenvalue weighted by Gasteiger charge is -2.38. The number of pyridine rings is 1. The van der Waals surface area contributed by atoms with E-state index in [0.717, 1.165) is 22.9 Å². The first-order valence-corrected chi connectivity index (χ1v) is 12.6. The van der Waals surface area contributed by atoms with Crippen LogP contribution in [0.1, 0.15) is 49.2 Å². The van der Waals surface area contributed by atoms with Gasteiger partial charge in [-0.2, -0.15) is 0 Å². The molecule has 2 aliphatic rings. The molecule has 5 nitrogen and oxygen atoms in total. The van der Waals surface area contributed by atoms with E-state index < -0.39 is 5.41 Å². The summed E-state index contributed by atoms with van der Waals surface area (Å²) < 4.78 is 13.8. The molecule has 1 aromatic heterocycles. The molecule has 3 heterocycles. The van der Waals surface area contributed by atoms with E-state index >= 15 is 0 Å². The number of para-hydroxylation sites is 1. The molecule has 2 amide bonds. The summed E-state index contributed by atoms with van der Waals surface area (Å²) in [7, 11) is 0. The fourth-order valence-electron chi connectivity index (χ4n) is 5.77. The lowest BCUT2D eigenvalue weighted by Crippen LogP contribution is -2.47. The number of amides is 2. The van der Waals surface area contributed by atoms with E-state index in [0.29, 0.717) is 50.5 Å². The summed E-state index contributed by atoms with van der Waals surface area (Å²) in [5.41, 5.74) is 1.73. The van der Waals surface area contributed by atoms with Crippen LogP contribution in [0.3, 0.4) is 0 Å². The number of piperidine rings is 1. The third kappa shape index (κ3) is 4.66. The molecule has 2 aromatic carbocycles. The topological polar surface area (TPSA) is 53.5 Å². The zero-order valence-electron chi connectivity index (χ0n) is 20.4. The molecular formula is C29H32FN3O2. The number of hydrogen-bond donors (Lipinski definition) is 0. The summed E-state index contributed by atoms with van der Waals surface area (Å²) in [5.74, 6) is 0.228. The Labute approximate surface area is 205 Å². The second kappa shape index (κ2) is 9.40. The third-order valence-corrected chi connectivity index (χ3v) is 7.53. The van der Waals surface area contributed by atoms with Crippen LogP contribution in [0.15, 0.2) is 60.7 Å². The van der Waals surface area contributed by atoms with Crippen LogP contribution in [-0.4, -0.2) is 52.3 Å². The summed E-state index contributed by atoms with van der Waals surface area (Å²) >= 11 is 0. The Morgan fingerprint density at radius 3 is 2.60 bits per heavy atom. The van der Waals surface area contributed by atoms with Gasteiger partial charge in [0.25, 0.3) is 5.91 Å². The second-order valence-electron chi connectivity index (χ2n) is 10.5. The van der Waals surface area contributed by atoms with Gasteiger partial charge < -0.3 is 9.80 Å². The molecule has 2 aliphatic heterocycles. The Hall–Kier alpha value is -3.28. The molecule has 2 fully saturated rings. The van der Waals surface area contributed by atoms with Crippen molar-refractivity contribution in [1.29, 1.82) is 0 Å². The lowest BCUT2D eigenvalue weighted by atomic mass is 9.75. The summed E-state index contributed by atoms with van der Waals surface area (Å²) in [4.78, 5) is 35.4. The van der Waals surface area contributed by atoms with E-state index in [-0.39, 0.29) is 23.7 Å². The van der Waals surface area contributed by atoms with Gasteiger partial charge in [-0.3, -0.25) is 9.59 Å². The molecule has 1 spiro atoms. The number of halogens is 1. The van der Waals surface area contributed by atoms with Gasteiger partial charge in [0.1, 0.15) is 11.5 Å². The molecule has 1 atom stereocenters. The quantitative estimate of drug-likeness (QED) is 0.518. The van der Waals surface area contributed by atoms with E-state index in [1.165, 1.54) is 6.07 Å². The van der Waals surface area contributed by atoms with Gasteiger partial charge in [0, 0.05) is 31.1 Å². The van der Waals surface area contributed by atoms with Crippen LogP contribution >= 0.6 is 0 Å². The number of carbonyl (C=O) groups is 2. The zero-order valence-corrected chi connectivity index (χ0v) is 20.4. The first-order chi connectivity index (χ1) is 16.8. The van der Waals surface area contributed by atoms with Crippen LogP contribution in [0.5, 0.6) is 0 Å². The molecule has 0 aliphatic carbocycles. The molecule has 182 valence electrons. The van der Waals surface area contributed by atoms with Crippen LogP contribution < -0.4 is 0 Å². The second-order valence-corrected chi connectivity index (χ2v) is 10.5. The molecule has 0 bridgehead atoms. The molecule has 35 heavy (non-hydrogen) atoms. The molecule has 3 aromatic rings. The number of nitrogens with zero attached hydrogens (tertiary/aromatic N) is 3. The molecule has 0 unspecified atom stereocenters. The van der Waals surface area contributed by atoms with Crippen molar-refractivity contribution < 1.29 is 14.0 Å². The molecule has 6 heteroatoms. The van der Waals surface area contributed by atoms with Crippen molar-refractivity contribution in [1.82, 2.24) is 14.8 Å². The van der Waals surface area contributed by atoms with Crippen LogP contribution in [-0.2, 0) is 11.2 Å². The highest BCUT2D eigenvalue weighted by Crippen LogP contribution is 2.45. The maximum atomic E-state index is 13.8. The number of likely N-dealkylation sites (tertiary alicyclic amines) is 2. The minimum atomic E-state index is -0.444. The fourth-order valence-corrected chi connectivity index (χ4v) is 5.77. The Kier molecular flexibility index (Phi) is 6.30. The van der Waals surface area contributed by atoms with Crippen LogP contribution in [0.25, 0.3) is 10.9 Å². The minimum absolute atomic E-state index is 0.0519. The fraction of sp³-hybridized carbons (Fsp3) is 0.414. The normalized spacial score (nSPS) is 19.8. The van der Waals surface area contributed by atoms with E-state index in [1.54, 1.807) is 18.2 Å². The van der Waals surface area contributed by atoms with Gasteiger partial charge in [-0.1, -0.05) is 50.2 Å². The number of aromatic nitrogens is 1. The van der Waals surface area contributed by atoms with E-state index in [9.17, 15) is 14.0 Å². The number of fused-ring (bicyclic) bond motifs is 1. The van der Waals surface area contributed by atoms with Crippen molar-refractivity contribution in [3.63, 3.8) is 0 Å². The van der Waals surface area contributed by atoms with Crippen molar-refractivity contribution in [3.05, 3.63) is 77.7 Å². The highest BCUT2D eigenvalue weighted by atomic mass is 19.1. The van der Waals surface area contributed by atoms with Crippen molar-refractivity contribution in [2.45, 2.75) is 45.6 Å². The van der Waals surface area contributed by atoms with Gasteiger partial charge in [0.15, 0.2) is 0 Å². The maximum Gasteiger partial charge on any atom is 0.272 e. The van der Waals surface area contributed by atoms with Gasteiger partial charge >= 0.3 is 0 Å². The number of hydrogen-bond acceptors (Lipinski definition) is 3. The predicted molar refractivity (Wildman–Crippen MR) is 134 cm³/mol. The molecule has 2 saturated heterocycles. The summed E-state index contributed by atoms with van der Waals surface area (Å²) in [6.45, 7) is 6.03. The number of benzene rings is 2. The Morgan fingerprint density at radius 2 is 1.86 bits per heavy atom. The minimum Gasteiger partial charge on any atom is -0.339 e. The summed E-state index contributed by atoms with van der Waals surface area (Å²) in [5, 5.41) is 1.01. The first kappa shape index (κ1) is 23.5. The predicted octanol–water partition coefficient (Wildman–Crippen LogP) is 5.10. The number of rotatable bonds is 5. The third-order valence-electron chi connectivity index (χ3n) is 7.53. The monoisotopic (exact) mass is 473 g/mol. The highest BCUT2D eigenvalue weighted by molar-refractivity contribution is 5.95. The number of carbonyl (C=O) groups excluding carboxylic acids is 2. The van der Waals surface area contributed by atoms with Gasteiger partial charge in [0.05, 0.1) is 10.9 Å². The van der Waals surface area contributed by atoms with Crippen LogP contribution in [0.4, 0.5) is 4.39 Å². The lowest BCUT2D eigenvalue weighted by molar-refractivity contribution is -0.139. The summed E-state index contributed by atoms with van der Waals surface area (Å²) in [6, 6.07) is 18.2. The molecule has 5 rings (SSSR count). The van der Waals surface area contributed by atoms with Gasteiger partial charge in [-0.15, -0.1) is 0 Å². The van der Waals surface area contributed by atoms with Crippen molar-refractivity contribution in [2.24, 2.45) is 11.3 Å². The van der Waals surface area contributed by atoms with Crippen LogP contribution in [0.2, 0.25) is 0 Å². The van der Waals surface area contributed by atoms with Crippen molar-refractivity contribution in [3.8, 4) is 0 Å². The van der Waals surface area contributed by atoms with Crippen molar-refractivity contribution in [2.75, 3.05) is 19.6 Å². The molecule has 0 saturated carbocycles. The Morgan fingerprint density at radius 1 is 1.09 bits per heavy atom. The Balaban J connectivity index is 1.31. The zero-order chi connectivity index (χ0) is 24.6.